The number of sulfonamides is 1. The number of amides is 1. The third-order valence-corrected chi connectivity index (χ3v) is 8.27. The Morgan fingerprint density at radius 3 is 2.38 bits per heavy atom. The summed E-state index contributed by atoms with van der Waals surface area (Å²) in [5, 5.41) is -0.437. The highest BCUT2D eigenvalue weighted by molar-refractivity contribution is 7.89. The van der Waals surface area contributed by atoms with Gasteiger partial charge >= 0.3 is 0 Å². The van der Waals surface area contributed by atoms with Gasteiger partial charge in [0.25, 0.3) is 0 Å². The highest BCUT2D eigenvalue weighted by Crippen LogP contribution is 2.30. The molecule has 1 saturated carbocycles. The molecule has 2 N–H and O–H groups in total. The van der Waals surface area contributed by atoms with E-state index >= 15 is 0 Å². The van der Waals surface area contributed by atoms with Gasteiger partial charge in [-0.2, -0.15) is 0 Å². The molecule has 3 fully saturated rings. The van der Waals surface area contributed by atoms with Gasteiger partial charge in [-0.05, 0) is 51.0 Å². The fourth-order valence-corrected chi connectivity index (χ4v) is 6.53. The van der Waals surface area contributed by atoms with Crippen molar-refractivity contribution in [1.29, 1.82) is 0 Å². The highest BCUT2D eigenvalue weighted by Gasteiger charge is 2.39. The van der Waals surface area contributed by atoms with Gasteiger partial charge in [0.1, 0.15) is 0 Å². The van der Waals surface area contributed by atoms with Crippen LogP contribution in [0.15, 0.2) is 0 Å². The van der Waals surface area contributed by atoms with E-state index in [1.807, 2.05) is 4.90 Å². The van der Waals surface area contributed by atoms with Gasteiger partial charge in [0.2, 0.25) is 15.9 Å². The Labute approximate surface area is 145 Å². The number of piperidine rings is 2. The molecule has 0 radical (unpaired) electrons. The molecular weight excluding hydrogens is 326 g/mol. The fourth-order valence-electron chi connectivity index (χ4n) is 4.47. The summed E-state index contributed by atoms with van der Waals surface area (Å²) in [7, 11) is -3.33. The lowest BCUT2D eigenvalue weighted by atomic mass is 10.0. The normalized spacial score (nSPS) is 30.6. The Morgan fingerprint density at radius 1 is 0.958 bits per heavy atom. The summed E-state index contributed by atoms with van der Waals surface area (Å²) >= 11 is 0. The Morgan fingerprint density at radius 2 is 1.67 bits per heavy atom. The maximum absolute atomic E-state index is 13.0. The van der Waals surface area contributed by atoms with Crippen LogP contribution in [-0.4, -0.2) is 61.5 Å². The molecule has 7 heteroatoms. The fraction of sp³-hybridized carbons (Fsp3) is 0.941. The van der Waals surface area contributed by atoms with E-state index in [0.29, 0.717) is 39.1 Å². The van der Waals surface area contributed by atoms with Gasteiger partial charge in [0.15, 0.2) is 0 Å². The van der Waals surface area contributed by atoms with Crippen LogP contribution in [0.4, 0.5) is 0 Å². The van der Waals surface area contributed by atoms with E-state index in [4.69, 9.17) is 5.73 Å². The molecule has 3 aliphatic rings. The van der Waals surface area contributed by atoms with E-state index in [0.717, 1.165) is 44.9 Å². The van der Waals surface area contributed by atoms with Crippen molar-refractivity contribution in [3.63, 3.8) is 0 Å². The number of carbonyl (C=O) groups excluding carboxylic acids is 1. The van der Waals surface area contributed by atoms with Crippen LogP contribution in [0.25, 0.3) is 0 Å². The Hall–Kier alpha value is -0.660. The summed E-state index contributed by atoms with van der Waals surface area (Å²) in [5.74, 6) is 0.585. The average Bonchev–Trinajstić information content (AvgIpc) is 3.16. The van der Waals surface area contributed by atoms with Crippen molar-refractivity contribution >= 4 is 15.9 Å². The molecule has 0 spiro atoms. The summed E-state index contributed by atoms with van der Waals surface area (Å²) in [6.45, 7) is 2.79. The topological polar surface area (TPSA) is 83.7 Å². The van der Waals surface area contributed by atoms with Gasteiger partial charge in [-0.25, -0.2) is 12.7 Å². The van der Waals surface area contributed by atoms with Crippen molar-refractivity contribution in [3.8, 4) is 0 Å². The SMILES string of the molecule is NCC1CCCN(S(=O)(=O)C2CCCN(C(=O)C3CCCC3)C2)C1. The zero-order chi connectivity index (χ0) is 17.2. The van der Waals surface area contributed by atoms with Crippen LogP contribution in [0.2, 0.25) is 0 Å². The maximum Gasteiger partial charge on any atom is 0.225 e. The van der Waals surface area contributed by atoms with Gasteiger partial charge in [-0.1, -0.05) is 12.8 Å². The molecule has 2 atom stereocenters. The number of rotatable bonds is 4. The molecular formula is C17H31N3O3S. The van der Waals surface area contributed by atoms with Gasteiger partial charge < -0.3 is 10.6 Å². The lowest BCUT2D eigenvalue weighted by Gasteiger charge is -2.38. The molecule has 0 aromatic carbocycles. The molecule has 0 bridgehead atoms. The predicted octanol–water partition coefficient (Wildman–Crippen LogP) is 1.17. The maximum atomic E-state index is 13.0. The van der Waals surface area contributed by atoms with E-state index in [9.17, 15) is 13.2 Å². The Balaban J connectivity index is 1.65. The minimum absolute atomic E-state index is 0.128. The van der Waals surface area contributed by atoms with Crippen LogP contribution in [0.5, 0.6) is 0 Å². The van der Waals surface area contributed by atoms with Crippen molar-refractivity contribution in [2.75, 3.05) is 32.7 Å². The number of nitrogens with two attached hydrogens (primary N) is 1. The Kier molecular flexibility index (Phi) is 5.82. The molecule has 2 heterocycles. The average molecular weight is 358 g/mol. The second-order valence-corrected chi connectivity index (χ2v) is 9.89. The van der Waals surface area contributed by atoms with E-state index in [-0.39, 0.29) is 17.7 Å². The molecule has 1 amide bonds. The minimum atomic E-state index is -3.33. The molecule has 2 saturated heterocycles. The number of nitrogens with zero attached hydrogens (tertiary/aromatic N) is 2. The van der Waals surface area contributed by atoms with E-state index in [1.165, 1.54) is 0 Å². The zero-order valence-corrected chi connectivity index (χ0v) is 15.3. The second-order valence-electron chi connectivity index (χ2n) is 7.68. The molecule has 0 aromatic heterocycles. The molecule has 24 heavy (non-hydrogen) atoms. The van der Waals surface area contributed by atoms with Crippen molar-refractivity contribution in [2.45, 2.75) is 56.6 Å². The predicted molar refractivity (Wildman–Crippen MR) is 93.8 cm³/mol. The smallest absolute Gasteiger partial charge is 0.225 e. The first-order valence-electron chi connectivity index (χ1n) is 9.50. The summed E-state index contributed by atoms with van der Waals surface area (Å²) in [4.78, 5) is 14.5. The van der Waals surface area contributed by atoms with Crippen LogP contribution in [0.1, 0.15) is 51.4 Å². The third-order valence-electron chi connectivity index (χ3n) is 5.99. The summed E-state index contributed by atoms with van der Waals surface area (Å²) in [5.41, 5.74) is 5.74. The van der Waals surface area contributed by atoms with Gasteiger partial charge in [-0.15, -0.1) is 0 Å². The van der Waals surface area contributed by atoms with E-state index < -0.39 is 15.3 Å². The minimum Gasteiger partial charge on any atom is -0.341 e. The van der Waals surface area contributed by atoms with Crippen molar-refractivity contribution < 1.29 is 13.2 Å². The highest BCUT2D eigenvalue weighted by atomic mass is 32.2. The first kappa shape index (κ1) is 18.1. The summed E-state index contributed by atoms with van der Waals surface area (Å²) in [6, 6.07) is 0. The first-order valence-corrected chi connectivity index (χ1v) is 11.0. The molecule has 3 rings (SSSR count). The second kappa shape index (κ2) is 7.70. The van der Waals surface area contributed by atoms with Crippen LogP contribution in [0.3, 0.4) is 0 Å². The van der Waals surface area contributed by atoms with Crippen LogP contribution >= 0.6 is 0 Å². The quantitative estimate of drug-likeness (QED) is 0.818. The molecule has 1 aliphatic carbocycles. The van der Waals surface area contributed by atoms with Crippen LogP contribution in [0, 0.1) is 11.8 Å². The lowest BCUT2D eigenvalue weighted by Crippen LogP contribution is -2.52. The molecule has 2 unspecified atom stereocenters. The summed E-state index contributed by atoms with van der Waals surface area (Å²) < 4.78 is 27.7. The largest absolute Gasteiger partial charge is 0.341 e. The summed E-state index contributed by atoms with van der Waals surface area (Å²) in [6.07, 6.45) is 7.55. The number of carbonyl (C=O) groups is 1. The third kappa shape index (κ3) is 3.78. The van der Waals surface area contributed by atoms with Crippen LogP contribution in [-0.2, 0) is 14.8 Å². The molecule has 0 aromatic rings. The van der Waals surface area contributed by atoms with Gasteiger partial charge in [0, 0.05) is 32.1 Å². The van der Waals surface area contributed by atoms with Crippen LogP contribution < -0.4 is 5.73 Å². The number of likely N-dealkylation sites (tertiary alicyclic amines) is 1. The molecule has 6 nitrogen and oxygen atoms in total. The first-order chi connectivity index (χ1) is 11.5. The van der Waals surface area contributed by atoms with Gasteiger partial charge in [0.05, 0.1) is 5.25 Å². The molecule has 138 valence electrons. The van der Waals surface area contributed by atoms with Crippen molar-refractivity contribution in [3.05, 3.63) is 0 Å². The number of hydrogen-bond donors (Lipinski definition) is 1. The lowest BCUT2D eigenvalue weighted by molar-refractivity contribution is -0.136. The standard InChI is InChI=1S/C17H31N3O3S/c18-11-14-5-3-10-20(12-14)24(22,23)16-8-4-9-19(13-16)17(21)15-6-1-2-7-15/h14-16H,1-13,18H2. The van der Waals surface area contributed by atoms with E-state index in [1.54, 1.807) is 4.31 Å². The van der Waals surface area contributed by atoms with E-state index in [2.05, 4.69) is 0 Å². The zero-order valence-electron chi connectivity index (χ0n) is 14.5. The number of hydrogen-bond acceptors (Lipinski definition) is 4. The monoisotopic (exact) mass is 357 g/mol. The van der Waals surface area contributed by atoms with Gasteiger partial charge in [-0.3, -0.25) is 4.79 Å². The Bertz CT molecular complexity index is 545. The van der Waals surface area contributed by atoms with Crippen molar-refractivity contribution in [1.82, 2.24) is 9.21 Å². The molecule has 2 aliphatic heterocycles. The van der Waals surface area contributed by atoms with Crippen molar-refractivity contribution in [2.24, 2.45) is 17.6 Å².